The summed E-state index contributed by atoms with van der Waals surface area (Å²) in [4.78, 5) is 25.6. The molecule has 0 amide bonds. The molecule has 2 rings (SSSR count). The van der Waals surface area contributed by atoms with E-state index in [-0.39, 0.29) is 17.4 Å². The summed E-state index contributed by atoms with van der Waals surface area (Å²) in [6.45, 7) is 12.0. The molecule has 0 spiro atoms. The van der Waals surface area contributed by atoms with E-state index in [4.69, 9.17) is 17.5 Å². The molecule has 0 saturated heterocycles. The number of aromatic amines is 1. The quantitative estimate of drug-likeness (QED) is 0.401. The van der Waals surface area contributed by atoms with Crippen LogP contribution in [0.25, 0.3) is 0 Å². The van der Waals surface area contributed by atoms with Crippen LogP contribution in [0, 0.1) is 5.92 Å². The van der Waals surface area contributed by atoms with Crippen LogP contribution in [0.3, 0.4) is 0 Å². The summed E-state index contributed by atoms with van der Waals surface area (Å²) in [6, 6.07) is 3.23. The molecule has 0 unspecified atom stereocenters. The molecule has 0 aliphatic carbocycles. The first-order valence-corrected chi connectivity index (χ1v) is 9.69. The third-order valence-corrected chi connectivity index (χ3v) is 3.72. The van der Waals surface area contributed by atoms with E-state index in [9.17, 15) is 4.79 Å². The van der Waals surface area contributed by atoms with Gasteiger partial charge in [-0.3, -0.25) is 4.79 Å². The van der Waals surface area contributed by atoms with Gasteiger partial charge in [0.05, 0.1) is 0 Å². The van der Waals surface area contributed by atoms with Gasteiger partial charge in [0.2, 0.25) is 0 Å². The first-order valence-electron chi connectivity index (χ1n) is 8.56. The maximum Gasteiger partial charge on any atom is 0.250 e. The molecular weight excluding hydrogens is 432 g/mol. The number of H-pyrrole nitrogens is 1. The SMILES string of the molecule is CC(C)C(N)=NCl.CC(C)c1nccc(=O)[nH]1.CC(C)c1nccc(Br)n1. The fourth-order valence-corrected chi connectivity index (χ4v) is 1.90. The van der Waals surface area contributed by atoms with Crippen LogP contribution in [0.2, 0.25) is 0 Å². The molecule has 0 fully saturated rings. The third-order valence-electron chi connectivity index (χ3n) is 3.08. The van der Waals surface area contributed by atoms with Crippen LogP contribution in [-0.4, -0.2) is 25.8 Å². The number of hydrogen-bond donors (Lipinski definition) is 2. The molecule has 27 heavy (non-hydrogen) atoms. The van der Waals surface area contributed by atoms with Gasteiger partial charge in [0, 0.05) is 48.0 Å². The Hall–Kier alpha value is -1.80. The number of amidine groups is 1. The van der Waals surface area contributed by atoms with Crippen LogP contribution in [0.4, 0.5) is 0 Å². The molecule has 7 nitrogen and oxygen atoms in total. The van der Waals surface area contributed by atoms with Crippen LogP contribution in [-0.2, 0) is 0 Å². The minimum absolute atomic E-state index is 0.0845. The van der Waals surface area contributed by atoms with E-state index in [0.29, 0.717) is 11.8 Å². The molecule has 2 aromatic rings. The number of halogens is 2. The lowest BCUT2D eigenvalue weighted by Crippen LogP contribution is -2.17. The number of nitrogens with two attached hydrogens (primary N) is 1. The monoisotopic (exact) mass is 458 g/mol. The Morgan fingerprint density at radius 1 is 1.11 bits per heavy atom. The molecule has 0 atom stereocenters. The summed E-state index contributed by atoms with van der Waals surface area (Å²) >= 11 is 8.29. The zero-order chi connectivity index (χ0) is 21.0. The van der Waals surface area contributed by atoms with Gasteiger partial charge in [0.15, 0.2) is 0 Å². The van der Waals surface area contributed by atoms with Crippen molar-refractivity contribution in [3.63, 3.8) is 0 Å². The number of nitrogens with zero attached hydrogens (tertiary/aromatic N) is 4. The molecule has 150 valence electrons. The highest BCUT2D eigenvalue weighted by atomic mass is 79.9. The molecule has 0 radical (unpaired) electrons. The molecule has 0 aromatic carbocycles. The van der Waals surface area contributed by atoms with Crippen LogP contribution < -0.4 is 11.3 Å². The second kappa shape index (κ2) is 13.4. The van der Waals surface area contributed by atoms with E-state index < -0.39 is 0 Å². The predicted octanol–water partition coefficient (Wildman–Crippen LogP) is 4.41. The Morgan fingerprint density at radius 2 is 1.70 bits per heavy atom. The third kappa shape index (κ3) is 11.5. The van der Waals surface area contributed by atoms with E-state index in [1.807, 2.05) is 33.8 Å². The van der Waals surface area contributed by atoms with Crippen LogP contribution in [0.15, 0.2) is 38.4 Å². The smallest absolute Gasteiger partial charge is 0.250 e. The first kappa shape index (κ1) is 25.2. The predicted molar refractivity (Wildman–Crippen MR) is 115 cm³/mol. The van der Waals surface area contributed by atoms with Gasteiger partial charge in [-0.15, -0.1) is 0 Å². The van der Waals surface area contributed by atoms with Gasteiger partial charge in [-0.25, -0.2) is 15.0 Å². The van der Waals surface area contributed by atoms with Gasteiger partial charge in [0.25, 0.3) is 5.56 Å². The zero-order valence-corrected chi connectivity index (χ0v) is 18.9. The van der Waals surface area contributed by atoms with E-state index >= 15 is 0 Å². The Morgan fingerprint density at radius 3 is 2.00 bits per heavy atom. The molecule has 2 heterocycles. The molecule has 9 heteroatoms. The van der Waals surface area contributed by atoms with E-state index in [0.717, 1.165) is 16.3 Å². The number of nitrogens with one attached hydrogen (secondary N) is 1. The number of hydrogen-bond acceptors (Lipinski definition) is 5. The molecular formula is C18H28BrClN6O. The maximum atomic E-state index is 10.7. The minimum Gasteiger partial charge on any atom is -0.386 e. The highest BCUT2D eigenvalue weighted by Gasteiger charge is 2.01. The number of rotatable bonds is 3. The Kier molecular flexibility index (Phi) is 12.5. The maximum absolute atomic E-state index is 10.7. The highest BCUT2D eigenvalue weighted by molar-refractivity contribution is 9.10. The van der Waals surface area contributed by atoms with Crippen molar-refractivity contribution in [2.45, 2.75) is 53.4 Å². The fourth-order valence-electron chi connectivity index (χ4n) is 1.41. The largest absolute Gasteiger partial charge is 0.386 e. The summed E-state index contributed by atoms with van der Waals surface area (Å²) in [7, 11) is 0. The molecule has 0 saturated carbocycles. The summed E-state index contributed by atoms with van der Waals surface area (Å²) < 4.78 is 4.11. The minimum atomic E-state index is -0.0845. The van der Waals surface area contributed by atoms with Crippen molar-refractivity contribution in [2.75, 3.05) is 0 Å². The van der Waals surface area contributed by atoms with Gasteiger partial charge in [-0.05, 0) is 22.0 Å². The fraction of sp³-hybridized carbons (Fsp3) is 0.500. The van der Waals surface area contributed by atoms with E-state index in [1.54, 1.807) is 6.20 Å². The summed E-state index contributed by atoms with van der Waals surface area (Å²) in [6.07, 6.45) is 3.28. The number of aromatic nitrogens is 4. The van der Waals surface area contributed by atoms with Crippen LogP contribution >= 0.6 is 27.7 Å². The van der Waals surface area contributed by atoms with E-state index in [1.165, 1.54) is 12.3 Å². The standard InChI is InChI=1S/C7H9BrN2.C7H10N2O.C4H9ClN2/c1-5(2)7-9-4-3-6(8)10-7;1-5(2)7-8-4-3-6(10)9-7;1-3(2)4(6)7-5/h3-5H,1-2H3;3-5H,1-2H3,(H,8,9,10);3H,1-2H3,(H2,6,7). The van der Waals surface area contributed by atoms with Gasteiger partial charge in [-0.2, -0.15) is 4.51 Å². The van der Waals surface area contributed by atoms with Crippen molar-refractivity contribution in [2.24, 2.45) is 16.2 Å². The van der Waals surface area contributed by atoms with Gasteiger partial charge >= 0.3 is 0 Å². The molecule has 0 bridgehead atoms. The molecule has 2 aromatic heterocycles. The molecule has 0 aliphatic heterocycles. The summed E-state index contributed by atoms with van der Waals surface area (Å²) in [5.74, 6) is 3.06. The topological polar surface area (TPSA) is 110 Å². The van der Waals surface area contributed by atoms with E-state index in [2.05, 4.69) is 54.2 Å². The van der Waals surface area contributed by atoms with Crippen LogP contribution in [0.1, 0.15) is 65.0 Å². The van der Waals surface area contributed by atoms with Crippen molar-refractivity contribution >= 4 is 33.5 Å². The normalized spacial score (nSPS) is 11.0. The van der Waals surface area contributed by atoms with Gasteiger partial charge in [-0.1, -0.05) is 41.5 Å². The second-order valence-electron chi connectivity index (χ2n) is 6.53. The Bertz CT molecular complexity index is 761. The first-order chi connectivity index (χ1) is 12.6. The molecule has 0 aliphatic rings. The van der Waals surface area contributed by atoms with Crippen molar-refractivity contribution in [1.82, 2.24) is 19.9 Å². The van der Waals surface area contributed by atoms with Crippen molar-refractivity contribution in [3.8, 4) is 0 Å². The average Bonchev–Trinajstić information content (AvgIpc) is 2.62. The summed E-state index contributed by atoms with van der Waals surface area (Å²) in [5.41, 5.74) is 5.15. The van der Waals surface area contributed by atoms with Crippen molar-refractivity contribution < 1.29 is 0 Å². The second-order valence-corrected chi connectivity index (χ2v) is 7.51. The van der Waals surface area contributed by atoms with Crippen LogP contribution in [0.5, 0.6) is 0 Å². The Labute approximate surface area is 174 Å². The highest BCUT2D eigenvalue weighted by Crippen LogP contribution is 2.11. The lowest BCUT2D eigenvalue weighted by molar-refractivity contribution is 0.766. The zero-order valence-electron chi connectivity index (χ0n) is 16.6. The van der Waals surface area contributed by atoms with Crippen molar-refractivity contribution in [3.05, 3.63) is 51.1 Å². The van der Waals surface area contributed by atoms with Gasteiger partial charge < -0.3 is 10.7 Å². The summed E-state index contributed by atoms with van der Waals surface area (Å²) in [5, 5.41) is 0. The Balaban J connectivity index is 0.000000384. The van der Waals surface area contributed by atoms with Gasteiger partial charge in [0.1, 0.15) is 22.1 Å². The molecule has 3 N–H and O–H groups in total. The lowest BCUT2D eigenvalue weighted by atomic mass is 10.2. The lowest BCUT2D eigenvalue weighted by Gasteiger charge is -2.00. The average molecular weight is 460 g/mol. The van der Waals surface area contributed by atoms with Crippen molar-refractivity contribution in [1.29, 1.82) is 0 Å².